The number of aromatic nitrogens is 4. The summed E-state index contributed by atoms with van der Waals surface area (Å²) in [6.45, 7) is 3.47. The molecular weight excluding hydrogens is 252 g/mol. The van der Waals surface area contributed by atoms with Gasteiger partial charge < -0.3 is 19.8 Å². The fourth-order valence-corrected chi connectivity index (χ4v) is 1.16. The lowest BCUT2D eigenvalue weighted by Gasteiger charge is -1.91. The second-order valence-corrected chi connectivity index (χ2v) is 3.56. The van der Waals surface area contributed by atoms with E-state index in [9.17, 15) is 9.59 Å². The van der Waals surface area contributed by atoms with Crippen molar-refractivity contribution in [2.75, 3.05) is 7.11 Å². The molecule has 19 heavy (non-hydrogen) atoms. The highest BCUT2D eigenvalue weighted by atomic mass is 16.5. The van der Waals surface area contributed by atoms with Crippen LogP contribution in [0.4, 0.5) is 0 Å². The highest BCUT2D eigenvalue weighted by Gasteiger charge is 2.06. The number of nitrogens with zero attached hydrogens (tertiary/aromatic N) is 2. The Morgan fingerprint density at radius 1 is 1.11 bits per heavy atom. The van der Waals surface area contributed by atoms with Crippen LogP contribution in [0.5, 0.6) is 0 Å². The number of carboxylic acid groups (broad SMARTS) is 1. The van der Waals surface area contributed by atoms with Crippen LogP contribution in [-0.2, 0) is 4.74 Å². The number of carboxylic acids is 1. The van der Waals surface area contributed by atoms with Crippen LogP contribution in [0.3, 0.4) is 0 Å². The lowest BCUT2D eigenvalue weighted by atomic mass is 10.5. The van der Waals surface area contributed by atoms with Crippen LogP contribution in [0.25, 0.3) is 0 Å². The molecule has 0 radical (unpaired) electrons. The summed E-state index contributed by atoms with van der Waals surface area (Å²) in [4.78, 5) is 33.7. The number of carbonyl (C=O) groups is 2. The van der Waals surface area contributed by atoms with Crippen LogP contribution in [0.1, 0.15) is 32.6 Å². The lowest BCUT2D eigenvalue weighted by molar-refractivity contribution is 0.0593. The lowest BCUT2D eigenvalue weighted by Crippen LogP contribution is -2.00. The van der Waals surface area contributed by atoms with Gasteiger partial charge >= 0.3 is 11.9 Å². The van der Waals surface area contributed by atoms with E-state index in [-0.39, 0.29) is 11.7 Å². The average molecular weight is 266 g/mol. The van der Waals surface area contributed by atoms with Crippen molar-refractivity contribution in [2.24, 2.45) is 0 Å². The van der Waals surface area contributed by atoms with Gasteiger partial charge in [0.05, 0.1) is 19.5 Å². The molecule has 0 amide bonds. The van der Waals surface area contributed by atoms with Gasteiger partial charge in [0, 0.05) is 0 Å². The van der Waals surface area contributed by atoms with Gasteiger partial charge in [-0.3, -0.25) is 0 Å². The molecule has 2 heterocycles. The number of esters is 1. The first-order chi connectivity index (χ1) is 8.93. The fourth-order valence-electron chi connectivity index (χ4n) is 1.16. The van der Waals surface area contributed by atoms with Crippen molar-refractivity contribution in [3.05, 3.63) is 35.4 Å². The predicted octanol–water partition coefficient (Wildman–Crippen LogP) is 0.921. The van der Waals surface area contributed by atoms with Crippen LogP contribution < -0.4 is 0 Å². The van der Waals surface area contributed by atoms with Crippen LogP contribution >= 0.6 is 0 Å². The summed E-state index contributed by atoms with van der Waals surface area (Å²) in [5, 5.41) is 8.33. The van der Waals surface area contributed by atoms with Crippen molar-refractivity contribution < 1.29 is 19.4 Å². The molecule has 102 valence electrons. The molecule has 0 spiro atoms. The normalized spacial score (nSPS) is 9.42. The molecule has 0 unspecified atom stereocenters. The second kappa shape index (κ2) is 6.34. The minimum Gasteiger partial charge on any atom is -0.477 e. The van der Waals surface area contributed by atoms with Crippen molar-refractivity contribution in [3.8, 4) is 0 Å². The summed E-state index contributed by atoms with van der Waals surface area (Å²) in [6.07, 6.45) is 2.73. The average Bonchev–Trinajstić information content (AvgIpc) is 2.98. The Morgan fingerprint density at radius 2 is 1.58 bits per heavy atom. The van der Waals surface area contributed by atoms with Gasteiger partial charge in [-0.25, -0.2) is 19.6 Å². The molecule has 0 saturated heterocycles. The number of hydrogen-bond acceptors (Lipinski definition) is 5. The summed E-state index contributed by atoms with van der Waals surface area (Å²) in [5.41, 5.74) is 0.521. The Hall–Kier alpha value is -2.64. The Morgan fingerprint density at radius 3 is 1.84 bits per heavy atom. The first kappa shape index (κ1) is 14.4. The van der Waals surface area contributed by atoms with Gasteiger partial charge in [0.1, 0.15) is 23.0 Å². The van der Waals surface area contributed by atoms with Crippen molar-refractivity contribution >= 4 is 11.9 Å². The minimum atomic E-state index is -0.976. The highest BCUT2D eigenvalue weighted by molar-refractivity contribution is 5.86. The number of H-pyrrole nitrogens is 2. The number of ether oxygens (including phenoxy) is 1. The van der Waals surface area contributed by atoms with Gasteiger partial charge in [-0.05, 0) is 13.8 Å². The zero-order valence-corrected chi connectivity index (χ0v) is 10.7. The molecule has 8 nitrogen and oxygen atoms in total. The van der Waals surface area contributed by atoms with Crippen molar-refractivity contribution in [3.63, 3.8) is 0 Å². The third-order valence-electron chi connectivity index (χ3n) is 2.04. The Kier molecular flexibility index (Phi) is 4.81. The van der Waals surface area contributed by atoms with Gasteiger partial charge in [-0.1, -0.05) is 0 Å². The molecule has 2 aromatic heterocycles. The van der Waals surface area contributed by atoms with E-state index in [1.165, 1.54) is 19.5 Å². The van der Waals surface area contributed by atoms with Gasteiger partial charge in [0.15, 0.2) is 0 Å². The third-order valence-corrected chi connectivity index (χ3v) is 2.04. The molecule has 0 bridgehead atoms. The quantitative estimate of drug-likeness (QED) is 0.695. The van der Waals surface area contributed by atoms with Crippen molar-refractivity contribution in [1.29, 1.82) is 0 Å². The first-order valence-electron chi connectivity index (χ1n) is 5.29. The molecule has 0 saturated carbocycles. The van der Waals surface area contributed by atoms with E-state index >= 15 is 0 Å². The minimum absolute atomic E-state index is 0.132. The van der Waals surface area contributed by atoms with E-state index in [2.05, 4.69) is 24.7 Å². The number of carbonyl (C=O) groups excluding carboxylic acids is 1. The molecular formula is C11H14N4O4. The Labute approximate surface area is 108 Å². The summed E-state index contributed by atoms with van der Waals surface area (Å²) in [6, 6.07) is 0. The summed E-state index contributed by atoms with van der Waals surface area (Å²) in [7, 11) is 1.33. The number of aromatic carboxylic acids is 1. The second-order valence-electron chi connectivity index (χ2n) is 3.56. The zero-order chi connectivity index (χ0) is 14.4. The molecule has 2 aromatic rings. The molecule has 3 N–H and O–H groups in total. The molecule has 2 rings (SSSR count). The molecule has 0 aliphatic heterocycles. The maximum atomic E-state index is 10.7. The highest BCUT2D eigenvalue weighted by Crippen LogP contribution is 1.96. The standard InChI is InChI=1S/C6H8N2O2.C5H6N2O2/c1-4-7-3-5(8-4)6(9)10-2;1-3-6-2-4(7-3)5(8)9/h3H,1-2H3,(H,7,8);2H,1H3,(H,6,7)(H,8,9). The van der Waals surface area contributed by atoms with Crippen molar-refractivity contribution in [2.45, 2.75) is 13.8 Å². The van der Waals surface area contributed by atoms with E-state index in [0.717, 1.165) is 0 Å². The smallest absolute Gasteiger partial charge is 0.356 e. The summed E-state index contributed by atoms with van der Waals surface area (Å²) < 4.78 is 4.44. The Balaban J connectivity index is 0.000000191. The van der Waals surface area contributed by atoms with Crippen molar-refractivity contribution in [1.82, 2.24) is 19.9 Å². The summed E-state index contributed by atoms with van der Waals surface area (Å²) in [5.74, 6) is -0.0380. The topological polar surface area (TPSA) is 121 Å². The third kappa shape index (κ3) is 4.26. The largest absolute Gasteiger partial charge is 0.477 e. The van der Waals surface area contributed by atoms with Crippen LogP contribution in [0.15, 0.2) is 12.4 Å². The van der Waals surface area contributed by atoms with Gasteiger partial charge in [0.2, 0.25) is 0 Å². The number of methoxy groups -OCH3 is 1. The SMILES string of the molecule is COC(=O)c1cnc(C)[nH]1.Cc1ncc(C(=O)O)[nH]1. The van der Waals surface area contributed by atoms with E-state index in [1.807, 2.05) is 0 Å². The number of rotatable bonds is 2. The molecule has 0 aromatic carbocycles. The van der Waals surface area contributed by atoms with E-state index in [0.29, 0.717) is 17.3 Å². The number of aryl methyl sites for hydroxylation is 2. The molecule has 0 fully saturated rings. The molecule has 0 aliphatic rings. The van der Waals surface area contributed by atoms with Crippen LogP contribution in [0.2, 0.25) is 0 Å². The maximum absolute atomic E-state index is 10.7. The van der Waals surface area contributed by atoms with Crippen LogP contribution in [-0.4, -0.2) is 44.1 Å². The van der Waals surface area contributed by atoms with Gasteiger partial charge in [-0.15, -0.1) is 0 Å². The van der Waals surface area contributed by atoms with E-state index in [4.69, 9.17) is 5.11 Å². The summed E-state index contributed by atoms with van der Waals surface area (Å²) >= 11 is 0. The predicted molar refractivity (Wildman–Crippen MR) is 64.9 cm³/mol. The number of imidazole rings is 2. The van der Waals surface area contributed by atoms with E-state index in [1.54, 1.807) is 13.8 Å². The molecule has 8 heteroatoms. The number of hydrogen-bond donors (Lipinski definition) is 3. The van der Waals surface area contributed by atoms with Gasteiger partial charge in [0.25, 0.3) is 0 Å². The molecule has 0 atom stereocenters. The number of nitrogens with one attached hydrogen (secondary N) is 2. The van der Waals surface area contributed by atoms with E-state index < -0.39 is 5.97 Å². The maximum Gasteiger partial charge on any atom is 0.356 e. The Bertz CT molecular complexity index is 573. The number of aromatic amines is 2. The monoisotopic (exact) mass is 266 g/mol. The van der Waals surface area contributed by atoms with Crippen LogP contribution in [0, 0.1) is 13.8 Å². The fraction of sp³-hybridized carbons (Fsp3) is 0.273. The van der Waals surface area contributed by atoms with Gasteiger partial charge in [-0.2, -0.15) is 0 Å². The first-order valence-corrected chi connectivity index (χ1v) is 5.29. The molecule has 0 aliphatic carbocycles. The zero-order valence-electron chi connectivity index (χ0n) is 10.7.